The number of rotatable bonds is 2. The van der Waals surface area contributed by atoms with E-state index in [1.807, 2.05) is 0 Å². The molecule has 0 amide bonds. The molecule has 0 aromatic heterocycles. The van der Waals surface area contributed by atoms with Crippen molar-refractivity contribution < 1.29 is 51.0 Å². The van der Waals surface area contributed by atoms with Gasteiger partial charge in [0.1, 0.15) is 0 Å². The molecule has 0 aliphatic heterocycles. The van der Waals surface area contributed by atoms with Crippen LogP contribution in [0.25, 0.3) is 21.5 Å². The van der Waals surface area contributed by atoms with Crippen molar-refractivity contribution in [3.05, 3.63) is 82.9 Å². The van der Waals surface area contributed by atoms with Gasteiger partial charge in [-0.3, -0.25) is 0 Å². The largest absolute Gasteiger partial charge is 4.00 e. The average Bonchev–Trinajstić information content (AvgIpc) is 3.13. The van der Waals surface area contributed by atoms with E-state index in [0.717, 1.165) is 12.8 Å². The topological polar surface area (TPSA) is 0 Å². The Morgan fingerprint density at radius 1 is 0.630 bits per heavy atom. The Bertz CT molecular complexity index is 883. The molecule has 0 saturated carbocycles. The zero-order chi connectivity index (χ0) is 17.1. The van der Waals surface area contributed by atoms with Crippen LogP contribution in [0.4, 0.5) is 0 Å². The Balaban J connectivity index is 0.000000451. The maximum atomic E-state index is 2.30. The van der Waals surface area contributed by atoms with E-state index in [-0.39, 0.29) is 51.0 Å². The summed E-state index contributed by atoms with van der Waals surface area (Å²) in [5.74, 6) is 0. The molecule has 140 valence electrons. The first kappa shape index (κ1) is 26.1. The summed E-state index contributed by atoms with van der Waals surface area (Å²) in [4.78, 5) is 0. The number of benzene rings is 2. The van der Waals surface area contributed by atoms with Crippen LogP contribution in [0.2, 0.25) is 0 Å². The Hall–Kier alpha value is -0.877. The molecular formula is C24H26Cl2Zr. The molecule has 0 N–H and O–H groups in total. The van der Waals surface area contributed by atoms with Crippen LogP contribution in [0, 0.1) is 13.8 Å². The summed E-state index contributed by atoms with van der Waals surface area (Å²) in [5.41, 5.74) is 5.87. The summed E-state index contributed by atoms with van der Waals surface area (Å²) in [6, 6.07) is 21.8. The van der Waals surface area contributed by atoms with Gasteiger partial charge in [0.25, 0.3) is 0 Å². The zero-order valence-electron chi connectivity index (χ0n) is 16.4. The fourth-order valence-corrected chi connectivity index (χ4v) is 3.60. The van der Waals surface area contributed by atoms with E-state index in [9.17, 15) is 0 Å². The van der Waals surface area contributed by atoms with Crippen LogP contribution in [0.15, 0.2) is 60.7 Å². The zero-order valence-corrected chi connectivity index (χ0v) is 20.4. The van der Waals surface area contributed by atoms with Crippen molar-refractivity contribution in [1.29, 1.82) is 0 Å². The Morgan fingerprint density at radius 2 is 0.963 bits per heavy atom. The molecule has 3 heteroatoms. The number of halogens is 2. The summed E-state index contributed by atoms with van der Waals surface area (Å²) in [6.45, 7) is 8.84. The minimum atomic E-state index is 0. The van der Waals surface area contributed by atoms with Crippen LogP contribution < -0.4 is 24.8 Å². The predicted molar refractivity (Wildman–Crippen MR) is 107 cm³/mol. The molecule has 0 atom stereocenters. The van der Waals surface area contributed by atoms with Crippen LogP contribution in [-0.2, 0) is 39.0 Å². The first-order valence-electron chi connectivity index (χ1n) is 8.93. The Kier molecular flexibility index (Phi) is 11.5. The van der Waals surface area contributed by atoms with Gasteiger partial charge in [0.2, 0.25) is 0 Å². The second-order valence-corrected chi connectivity index (χ2v) is 6.47. The van der Waals surface area contributed by atoms with Crippen LogP contribution in [0.3, 0.4) is 0 Å². The van der Waals surface area contributed by atoms with Crippen molar-refractivity contribution in [1.82, 2.24) is 0 Å². The van der Waals surface area contributed by atoms with Crippen LogP contribution in [-0.4, -0.2) is 0 Å². The molecule has 0 heterocycles. The third kappa shape index (κ3) is 5.57. The first-order valence-corrected chi connectivity index (χ1v) is 8.93. The number of fused-ring (bicyclic) bond motifs is 2. The van der Waals surface area contributed by atoms with E-state index in [2.05, 4.69) is 88.4 Å². The van der Waals surface area contributed by atoms with Crippen LogP contribution in [0.5, 0.6) is 0 Å². The molecule has 0 radical (unpaired) electrons. The summed E-state index contributed by atoms with van der Waals surface area (Å²) in [5, 5.41) is 5.59. The molecule has 0 unspecified atom stereocenters. The molecule has 0 nitrogen and oxygen atoms in total. The molecule has 4 rings (SSSR count). The number of aryl methyl sites for hydroxylation is 4. The third-order valence-electron chi connectivity index (χ3n) is 5.11. The molecule has 0 saturated heterocycles. The van der Waals surface area contributed by atoms with Gasteiger partial charge >= 0.3 is 26.2 Å². The van der Waals surface area contributed by atoms with Crippen LogP contribution >= 0.6 is 0 Å². The molecule has 0 aliphatic carbocycles. The summed E-state index contributed by atoms with van der Waals surface area (Å²) in [6.07, 6.45) is 2.28. The molecular weight excluding hydrogens is 450 g/mol. The van der Waals surface area contributed by atoms with E-state index in [1.165, 1.54) is 43.8 Å². The van der Waals surface area contributed by atoms with Gasteiger partial charge in [0, 0.05) is 0 Å². The Morgan fingerprint density at radius 3 is 1.26 bits per heavy atom. The molecule has 0 fully saturated rings. The number of hydrogen-bond donors (Lipinski definition) is 0. The van der Waals surface area contributed by atoms with Gasteiger partial charge in [-0.15, -0.1) is 81.2 Å². The second-order valence-electron chi connectivity index (χ2n) is 6.47. The number of hydrogen-bond acceptors (Lipinski definition) is 0. The summed E-state index contributed by atoms with van der Waals surface area (Å²) >= 11 is 0. The van der Waals surface area contributed by atoms with Gasteiger partial charge in [0.15, 0.2) is 0 Å². The molecule has 0 spiro atoms. The van der Waals surface area contributed by atoms with Gasteiger partial charge in [-0.05, 0) is 12.8 Å². The summed E-state index contributed by atoms with van der Waals surface area (Å²) < 4.78 is 0. The fourth-order valence-electron chi connectivity index (χ4n) is 3.60. The minimum Gasteiger partial charge on any atom is -1.00 e. The standard InChI is InChI=1S/2C12H13.2ClH.Zr/c2*1-3-10-8-11-6-4-5-7-12(11)9(10)2;;;/h2*4-8H,3H2,1-2H3;2*1H;/q2*-1;;;+4/p-2. The van der Waals surface area contributed by atoms with Gasteiger partial charge in [-0.1, -0.05) is 39.8 Å². The Labute approximate surface area is 195 Å². The van der Waals surface area contributed by atoms with Crippen molar-refractivity contribution in [3.8, 4) is 0 Å². The molecule has 0 aliphatic rings. The summed E-state index contributed by atoms with van der Waals surface area (Å²) in [7, 11) is 0. The smallest absolute Gasteiger partial charge is 1.00 e. The molecule has 0 bridgehead atoms. The van der Waals surface area contributed by atoms with Crippen molar-refractivity contribution in [2.24, 2.45) is 0 Å². The third-order valence-corrected chi connectivity index (χ3v) is 5.11. The van der Waals surface area contributed by atoms with Gasteiger partial charge in [-0.2, -0.15) is 11.1 Å². The maximum Gasteiger partial charge on any atom is 4.00 e. The van der Waals surface area contributed by atoms with Crippen molar-refractivity contribution in [2.45, 2.75) is 40.5 Å². The van der Waals surface area contributed by atoms with Crippen molar-refractivity contribution in [2.75, 3.05) is 0 Å². The van der Waals surface area contributed by atoms with E-state index >= 15 is 0 Å². The SMILES string of the molecule is CCc1[cH-]c2ccccc2c1C.CCc1[cH-]c2ccccc2c1C.[Cl-].[Cl-].[Zr+4]. The minimum absolute atomic E-state index is 0. The molecule has 4 aromatic carbocycles. The van der Waals surface area contributed by atoms with E-state index in [1.54, 1.807) is 0 Å². The van der Waals surface area contributed by atoms with E-state index < -0.39 is 0 Å². The van der Waals surface area contributed by atoms with Gasteiger partial charge in [-0.25, -0.2) is 0 Å². The maximum absolute atomic E-state index is 2.30. The van der Waals surface area contributed by atoms with E-state index in [4.69, 9.17) is 0 Å². The first-order chi connectivity index (χ1) is 11.7. The fraction of sp³-hybridized carbons (Fsp3) is 0.250. The van der Waals surface area contributed by atoms with Gasteiger partial charge in [0.05, 0.1) is 0 Å². The normalized spacial score (nSPS) is 9.63. The van der Waals surface area contributed by atoms with Crippen molar-refractivity contribution in [3.63, 3.8) is 0 Å². The average molecular weight is 477 g/mol. The molecule has 27 heavy (non-hydrogen) atoms. The quantitative estimate of drug-likeness (QED) is 0.377. The molecule has 4 aromatic rings. The monoisotopic (exact) mass is 474 g/mol. The second kappa shape index (κ2) is 11.9. The predicted octanol–water partition coefficient (Wildman–Crippen LogP) is 0.865. The van der Waals surface area contributed by atoms with Gasteiger partial charge < -0.3 is 24.8 Å². The van der Waals surface area contributed by atoms with Crippen LogP contribution in [0.1, 0.15) is 36.1 Å². The van der Waals surface area contributed by atoms with E-state index in [0.29, 0.717) is 0 Å². The van der Waals surface area contributed by atoms with Crippen molar-refractivity contribution >= 4 is 21.5 Å².